The van der Waals surface area contributed by atoms with E-state index in [0.29, 0.717) is 22.2 Å². The zero-order valence-electron chi connectivity index (χ0n) is 19.5. The van der Waals surface area contributed by atoms with E-state index in [9.17, 15) is 18.0 Å². The van der Waals surface area contributed by atoms with Gasteiger partial charge < -0.3 is 9.64 Å². The molecule has 0 radical (unpaired) electrons. The maximum absolute atomic E-state index is 13.5. The van der Waals surface area contributed by atoms with Gasteiger partial charge in [-0.2, -0.15) is 0 Å². The number of benzene rings is 2. The molecule has 0 aliphatic rings. The SMILES string of the molecule is CC(=O)OCc1cc2ccc(CN(C(=O)c3cccnc3)c3ccccc3S(C)(=O)=O)cc2nc1Cl. The Morgan fingerprint density at radius 1 is 1.06 bits per heavy atom. The predicted molar refractivity (Wildman–Crippen MR) is 137 cm³/mol. The fraction of sp³-hybridized carbons (Fsp3) is 0.154. The van der Waals surface area contributed by atoms with E-state index in [1.807, 2.05) is 12.1 Å². The number of aromatic nitrogens is 2. The number of ether oxygens (including phenoxy) is 1. The van der Waals surface area contributed by atoms with Crippen molar-refractivity contribution < 1.29 is 22.7 Å². The van der Waals surface area contributed by atoms with E-state index in [1.165, 1.54) is 24.1 Å². The Kier molecular flexibility index (Phi) is 7.32. The van der Waals surface area contributed by atoms with Crippen molar-refractivity contribution in [3.8, 4) is 0 Å². The number of nitrogens with zero attached hydrogens (tertiary/aromatic N) is 3. The molecule has 8 nitrogen and oxygen atoms in total. The number of carbonyl (C=O) groups is 2. The molecule has 2 aromatic carbocycles. The molecule has 0 unspecified atom stereocenters. The number of para-hydroxylation sites is 1. The Hall–Kier alpha value is -3.82. The minimum absolute atomic E-state index is 0.00846. The van der Waals surface area contributed by atoms with Crippen LogP contribution in [0, 0.1) is 0 Å². The fourth-order valence-corrected chi connectivity index (χ4v) is 4.78. The molecule has 0 atom stereocenters. The van der Waals surface area contributed by atoms with Gasteiger partial charge >= 0.3 is 5.97 Å². The van der Waals surface area contributed by atoms with E-state index in [2.05, 4.69) is 9.97 Å². The molecule has 0 saturated heterocycles. The van der Waals surface area contributed by atoms with Gasteiger partial charge in [-0.3, -0.25) is 14.6 Å². The first-order valence-corrected chi connectivity index (χ1v) is 13.1. The minimum Gasteiger partial charge on any atom is -0.461 e. The molecule has 36 heavy (non-hydrogen) atoms. The van der Waals surface area contributed by atoms with Crippen LogP contribution in [0.5, 0.6) is 0 Å². The second-order valence-electron chi connectivity index (χ2n) is 8.12. The number of hydrogen-bond acceptors (Lipinski definition) is 7. The standard InChI is InChI=1S/C26H22ClN3O5S/c1-17(31)35-16-21-13-19-10-9-18(12-22(19)29-25(21)27)15-30(26(32)20-6-5-11-28-14-20)23-7-3-4-8-24(23)36(2,33)34/h3-14H,15-16H2,1-2H3. The van der Waals surface area contributed by atoms with E-state index in [4.69, 9.17) is 16.3 Å². The molecule has 0 fully saturated rings. The highest BCUT2D eigenvalue weighted by Gasteiger charge is 2.24. The number of carbonyl (C=O) groups excluding carboxylic acids is 2. The number of sulfone groups is 1. The number of anilines is 1. The van der Waals surface area contributed by atoms with E-state index in [1.54, 1.807) is 48.7 Å². The van der Waals surface area contributed by atoms with Crippen LogP contribution in [0.2, 0.25) is 5.15 Å². The van der Waals surface area contributed by atoms with Crippen molar-refractivity contribution in [3.63, 3.8) is 0 Å². The van der Waals surface area contributed by atoms with Gasteiger partial charge in [-0.25, -0.2) is 13.4 Å². The third-order valence-electron chi connectivity index (χ3n) is 5.39. The molecule has 0 aliphatic heterocycles. The maximum atomic E-state index is 13.5. The molecular weight excluding hydrogens is 502 g/mol. The number of rotatable bonds is 7. The lowest BCUT2D eigenvalue weighted by Crippen LogP contribution is -2.31. The lowest BCUT2D eigenvalue weighted by atomic mass is 10.1. The highest BCUT2D eigenvalue weighted by molar-refractivity contribution is 7.90. The van der Waals surface area contributed by atoms with Crippen molar-refractivity contribution in [3.05, 3.63) is 94.9 Å². The monoisotopic (exact) mass is 523 g/mol. The first kappa shape index (κ1) is 25.3. The highest BCUT2D eigenvalue weighted by Crippen LogP contribution is 2.29. The van der Waals surface area contributed by atoms with Crippen molar-refractivity contribution in [1.82, 2.24) is 9.97 Å². The number of esters is 1. The van der Waals surface area contributed by atoms with E-state index in [0.717, 1.165) is 11.6 Å². The third-order valence-corrected chi connectivity index (χ3v) is 6.86. The highest BCUT2D eigenvalue weighted by atomic mass is 35.5. The minimum atomic E-state index is -3.62. The molecule has 184 valence electrons. The van der Waals surface area contributed by atoms with E-state index < -0.39 is 21.7 Å². The van der Waals surface area contributed by atoms with Gasteiger partial charge in [0.05, 0.1) is 28.2 Å². The summed E-state index contributed by atoms with van der Waals surface area (Å²) < 4.78 is 30.0. The van der Waals surface area contributed by atoms with Gasteiger partial charge in [0.1, 0.15) is 11.8 Å². The van der Waals surface area contributed by atoms with Crippen LogP contribution in [0.15, 0.2) is 78.0 Å². The van der Waals surface area contributed by atoms with Gasteiger partial charge in [0.25, 0.3) is 5.91 Å². The molecule has 0 saturated carbocycles. The molecule has 1 amide bonds. The van der Waals surface area contributed by atoms with Gasteiger partial charge in [0.15, 0.2) is 9.84 Å². The van der Waals surface area contributed by atoms with Crippen LogP contribution in [0.3, 0.4) is 0 Å². The van der Waals surface area contributed by atoms with Crippen LogP contribution in [0.4, 0.5) is 5.69 Å². The zero-order chi connectivity index (χ0) is 25.9. The van der Waals surface area contributed by atoms with Crippen molar-refractivity contribution >= 4 is 49.9 Å². The summed E-state index contributed by atoms with van der Waals surface area (Å²) >= 11 is 6.30. The average Bonchev–Trinajstić information content (AvgIpc) is 2.85. The summed E-state index contributed by atoms with van der Waals surface area (Å²) in [6.45, 7) is 1.40. The summed E-state index contributed by atoms with van der Waals surface area (Å²) in [5.41, 5.74) is 2.44. The van der Waals surface area contributed by atoms with E-state index >= 15 is 0 Å². The lowest BCUT2D eigenvalue weighted by molar-refractivity contribution is -0.142. The average molecular weight is 524 g/mol. The van der Waals surface area contributed by atoms with Crippen LogP contribution in [-0.2, 0) is 32.5 Å². The first-order chi connectivity index (χ1) is 17.1. The molecule has 0 bridgehead atoms. The van der Waals surface area contributed by atoms with Crippen LogP contribution in [0.1, 0.15) is 28.4 Å². The van der Waals surface area contributed by atoms with Crippen LogP contribution in [0.25, 0.3) is 10.9 Å². The summed E-state index contributed by atoms with van der Waals surface area (Å²) in [6, 6.07) is 16.8. The maximum Gasteiger partial charge on any atom is 0.302 e. The number of amides is 1. The van der Waals surface area contributed by atoms with Gasteiger partial charge in [-0.05, 0) is 42.0 Å². The smallest absolute Gasteiger partial charge is 0.302 e. The molecule has 10 heteroatoms. The molecule has 4 rings (SSSR count). The predicted octanol–water partition coefficient (Wildman–Crippen LogP) is 4.60. The largest absolute Gasteiger partial charge is 0.461 e. The molecule has 0 aliphatic carbocycles. The zero-order valence-corrected chi connectivity index (χ0v) is 21.1. The second kappa shape index (κ2) is 10.4. The third kappa shape index (κ3) is 5.69. The quantitative estimate of drug-likeness (QED) is 0.257. The Balaban J connectivity index is 1.76. The number of fused-ring (bicyclic) bond motifs is 1. The Bertz CT molecular complexity index is 1560. The van der Waals surface area contributed by atoms with Gasteiger partial charge in [0.2, 0.25) is 0 Å². The molecule has 4 aromatic rings. The molecular formula is C26H22ClN3O5S. The van der Waals surface area contributed by atoms with E-state index in [-0.39, 0.29) is 28.9 Å². The van der Waals surface area contributed by atoms with Crippen molar-refractivity contribution in [2.24, 2.45) is 0 Å². The fourth-order valence-electron chi connectivity index (χ4n) is 3.70. The second-order valence-corrected chi connectivity index (χ2v) is 10.5. The molecule has 0 N–H and O–H groups in total. The van der Waals surface area contributed by atoms with Crippen LogP contribution >= 0.6 is 11.6 Å². The topological polar surface area (TPSA) is 107 Å². The van der Waals surface area contributed by atoms with Crippen LogP contribution < -0.4 is 4.90 Å². The lowest BCUT2D eigenvalue weighted by Gasteiger charge is -2.25. The summed E-state index contributed by atoms with van der Waals surface area (Å²) in [5, 5.41) is 0.971. The van der Waals surface area contributed by atoms with Gasteiger partial charge in [-0.15, -0.1) is 0 Å². The summed E-state index contributed by atoms with van der Waals surface area (Å²) in [6.07, 6.45) is 4.10. The Morgan fingerprint density at radius 3 is 2.53 bits per heavy atom. The molecule has 2 heterocycles. The van der Waals surface area contributed by atoms with Crippen molar-refractivity contribution in [1.29, 1.82) is 0 Å². The Labute approximate surface area is 213 Å². The first-order valence-electron chi connectivity index (χ1n) is 10.9. The summed E-state index contributed by atoms with van der Waals surface area (Å²) in [7, 11) is -3.62. The molecule has 2 aromatic heterocycles. The summed E-state index contributed by atoms with van der Waals surface area (Å²) in [5.74, 6) is -0.823. The normalized spacial score (nSPS) is 11.3. The van der Waals surface area contributed by atoms with Gasteiger partial charge in [0, 0.05) is 36.5 Å². The van der Waals surface area contributed by atoms with Crippen molar-refractivity contribution in [2.75, 3.05) is 11.2 Å². The van der Waals surface area contributed by atoms with Gasteiger partial charge in [-0.1, -0.05) is 35.9 Å². The Morgan fingerprint density at radius 2 is 1.83 bits per heavy atom. The van der Waals surface area contributed by atoms with Crippen LogP contribution in [-0.4, -0.2) is 36.5 Å². The summed E-state index contributed by atoms with van der Waals surface area (Å²) in [4.78, 5) is 34.6. The number of hydrogen-bond donors (Lipinski definition) is 0. The number of halogens is 1. The molecule has 0 spiro atoms. The van der Waals surface area contributed by atoms with Crippen molar-refractivity contribution in [2.45, 2.75) is 25.0 Å². The number of pyridine rings is 2.